The number of hydrogen-bond donors (Lipinski definition) is 2. The lowest BCUT2D eigenvalue weighted by atomic mass is 9.55. The van der Waals surface area contributed by atoms with Crippen molar-refractivity contribution in [3.05, 3.63) is 0 Å². The molecule has 0 aromatic carbocycles. The largest absolute Gasteiger partial charge is 0.460 e. The molecule has 0 aromatic heterocycles. The summed E-state index contributed by atoms with van der Waals surface area (Å²) in [4.78, 5) is 22.5. The second-order valence-corrected chi connectivity index (χ2v) is 8.39. The zero-order valence-corrected chi connectivity index (χ0v) is 17.1. The lowest BCUT2D eigenvalue weighted by Crippen LogP contribution is -2.49. The zero-order valence-electron chi connectivity index (χ0n) is 17.1. The predicted octanol–water partition coefficient (Wildman–Crippen LogP) is 2.98. The standard InChI is InChI=1S/C21H36O6/c1-5-21(6-2,15-7-9-19(17(24)11-15)26-13(3)22)16-8-10-20(18(25)12-16)27-14(4)23/h15-20,24-25H,5-12H2,1-4H3. The van der Waals surface area contributed by atoms with E-state index in [1.807, 2.05) is 0 Å². The quantitative estimate of drug-likeness (QED) is 0.684. The van der Waals surface area contributed by atoms with E-state index in [9.17, 15) is 19.8 Å². The van der Waals surface area contributed by atoms with Crippen LogP contribution in [0.5, 0.6) is 0 Å². The van der Waals surface area contributed by atoms with Crippen molar-refractivity contribution in [2.24, 2.45) is 17.3 Å². The van der Waals surface area contributed by atoms with E-state index in [1.165, 1.54) is 13.8 Å². The van der Waals surface area contributed by atoms with Gasteiger partial charge in [-0.2, -0.15) is 0 Å². The topological polar surface area (TPSA) is 93.1 Å². The smallest absolute Gasteiger partial charge is 0.302 e. The summed E-state index contributed by atoms with van der Waals surface area (Å²) in [7, 11) is 0. The minimum atomic E-state index is -0.632. The minimum Gasteiger partial charge on any atom is -0.460 e. The third-order valence-corrected chi connectivity index (χ3v) is 7.09. The van der Waals surface area contributed by atoms with Crippen LogP contribution in [-0.4, -0.2) is 46.6 Å². The number of aliphatic hydroxyl groups excluding tert-OH is 2. The first-order valence-corrected chi connectivity index (χ1v) is 10.4. The average molecular weight is 385 g/mol. The number of carbonyl (C=O) groups is 2. The molecule has 2 rings (SSSR count). The molecule has 6 unspecified atom stereocenters. The lowest BCUT2D eigenvalue weighted by Gasteiger charge is -2.51. The Morgan fingerprint density at radius 2 is 1.19 bits per heavy atom. The van der Waals surface area contributed by atoms with Crippen LogP contribution in [0.2, 0.25) is 0 Å². The molecule has 0 bridgehead atoms. The molecule has 27 heavy (non-hydrogen) atoms. The van der Waals surface area contributed by atoms with Gasteiger partial charge in [0.25, 0.3) is 0 Å². The van der Waals surface area contributed by atoms with Gasteiger partial charge in [-0.05, 0) is 68.6 Å². The number of hydrogen-bond acceptors (Lipinski definition) is 6. The van der Waals surface area contributed by atoms with Crippen molar-refractivity contribution in [2.75, 3.05) is 0 Å². The van der Waals surface area contributed by atoms with Crippen LogP contribution < -0.4 is 0 Å². The van der Waals surface area contributed by atoms with Crippen LogP contribution in [0.15, 0.2) is 0 Å². The highest BCUT2D eigenvalue weighted by atomic mass is 16.6. The second-order valence-electron chi connectivity index (χ2n) is 8.39. The Morgan fingerprint density at radius 1 is 0.815 bits per heavy atom. The van der Waals surface area contributed by atoms with E-state index in [2.05, 4.69) is 13.8 Å². The van der Waals surface area contributed by atoms with Crippen molar-refractivity contribution in [3.63, 3.8) is 0 Å². The van der Waals surface area contributed by atoms with Crippen LogP contribution in [0.4, 0.5) is 0 Å². The Kier molecular flexibility index (Phi) is 7.69. The van der Waals surface area contributed by atoms with Gasteiger partial charge in [0, 0.05) is 13.8 Å². The highest BCUT2D eigenvalue weighted by Crippen LogP contribution is 2.53. The fourth-order valence-electron chi connectivity index (χ4n) is 5.72. The summed E-state index contributed by atoms with van der Waals surface area (Å²) in [5.41, 5.74) is 0.0321. The maximum absolute atomic E-state index is 11.2. The van der Waals surface area contributed by atoms with Crippen molar-refractivity contribution >= 4 is 11.9 Å². The molecule has 0 aliphatic heterocycles. The van der Waals surface area contributed by atoms with E-state index < -0.39 is 24.4 Å². The highest BCUT2D eigenvalue weighted by Gasteiger charge is 2.48. The Hall–Kier alpha value is -1.14. The van der Waals surface area contributed by atoms with E-state index >= 15 is 0 Å². The lowest BCUT2D eigenvalue weighted by molar-refractivity contribution is -0.163. The van der Waals surface area contributed by atoms with Crippen molar-refractivity contribution in [1.82, 2.24) is 0 Å². The molecular weight excluding hydrogens is 348 g/mol. The first-order chi connectivity index (χ1) is 12.7. The van der Waals surface area contributed by atoms with Crippen molar-refractivity contribution < 1.29 is 29.3 Å². The van der Waals surface area contributed by atoms with Gasteiger partial charge in [0.2, 0.25) is 0 Å². The van der Waals surface area contributed by atoms with E-state index in [1.54, 1.807) is 0 Å². The van der Waals surface area contributed by atoms with Crippen LogP contribution in [0.3, 0.4) is 0 Å². The summed E-state index contributed by atoms with van der Waals surface area (Å²) < 4.78 is 10.5. The summed E-state index contributed by atoms with van der Waals surface area (Å²) in [6.07, 6.45) is 4.32. The third kappa shape index (κ3) is 5.02. The molecule has 0 spiro atoms. The number of rotatable bonds is 6. The minimum absolute atomic E-state index is 0.0321. The Morgan fingerprint density at radius 3 is 1.44 bits per heavy atom. The molecule has 0 amide bonds. The van der Waals surface area contributed by atoms with Gasteiger partial charge < -0.3 is 19.7 Å². The van der Waals surface area contributed by atoms with Gasteiger partial charge in [-0.3, -0.25) is 9.59 Å². The Bertz CT molecular complexity index is 473. The number of carbonyl (C=O) groups excluding carboxylic acids is 2. The summed E-state index contributed by atoms with van der Waals surface area (Å²) in [5, 5.41) is 21.1. The van der Waals surface area contributed by atoms with Gasteiger partial charge in [0.15, 0.2) is 0 Å². The summed E-state index contributed by atoms with van der Waals surface area (Å²) in [6, 6.07) is 0. The maximum Gasteiger partial charge on any atom is 0.302 e. The van der Waals surface area contributed by atoms with Gasteiger partial charge in [-0.1, -0.05) is 13.8 Å². The van der Waals surface area contributed by atoms with Crippen molar-refractivity contribution in [2.45, 2.75) is 103 Å². The molecular formula is C21H36O6. The molecule has 2 fully saturated rings. The van der Waals surface area contributed by atoms with Gasteiger partial charge in [0.05, 0.1) is 12.2 Å². The van der Waals surface area contributed by atoms with Crippen LogP contribution in [0, 0.1) is 17.3 Å². The van der Waals surface area contributed by atoms with Crippen molar-refractivity contribution in [3.8, 4) is 0 Å². The molecule has 0 radical (unpaired) electrons. The first-order valence-electron chi connectivity index (χ1n) is 10.4. The summed E-state index contributed by atoms with van der Waals surface area (Å²) in [5.74, 6) is -0.0307. The van der Waals surface area contributed by atoms with Crippen LogP contribution in [0.25, 0.3) is 0 Å². The molecule has 2 N–H and O–H groups in total. The zero-order chi connectivity index (χ0) is 20.2. The molecule has 156 valence electrons. The van der Waals surface area contributed by atoms with Gasteiger partial charge >= 0.3 is 11.9 Å². The summed E-state index contributed by atoms with van der Waals surface area (Å²) in [6.45, 7) is 7.14. The Balaban J connectivity index is 2.09. The predicted molar refractivity (Wildman–Crippen MR) is 101 cm³/mol. The fraction of sp³-hybridized carbons (Fsp3) is 0.905. The van der Waals surface area contributed by atoms with E-state index in [4.69, 9.17) is 9.47 Å². The normalized spacial score (nSPS) is 34.7. The van der Waals surface area contributed by atoms with Gasteiger partial charge in [0.1, 0.15) is 12.2 Å². The number of aliphatic hydroxyl groups is 2. The highest BCUT2D eigenvalue weighted by molar-refractivity contribution is 5.66. The fourth-order valence-corrected chi connectivity index (χ4v) is 5.72. The van der Waals surface area contributed by atoms with Gasteiger partial charge in [-0.15, -0.1) is 0 Å². The Labute approximate surface area is 162 Å². The average Bonchev–Trinajstić information content (AvgIpc) is 2.60. The van der Waals surface area contributed by atoms with Gasteiger partial charge in [-0.25, -0.2) is 0 Å². The molecule has 6 atom stereocenters. The van der Waals surface area contributed by atoms with E-state index in [0.717, 1.165) is 25.7 Å². The van der Waals surface area contributed by atoms with Crippen LogP contribution in [0.1, 0.15) is 79.1 Å². The molecule has 0 aromatic rings. The monoisotopic (exact) mass is 384 g/mol. The van der Waals surface area contributed by atoms with Crippen LogP contribution in [-0.2, 0) is 19.1 Å². The maximum atomic E-state index is 11.2. The summed E-state index contributed by atoms with van der Waals surface area (Å²) >= 11 is 0. The number of ether oxygens (including phenoxy) is 2. The SMILES string of the molecule is CCC(CC)(C1CCC(OC(C)=O)C(O)C1)C1CCC(OC(C)=O)C(O)C1. The molecule has 6 nitrogen and oxygen atoms in total. The molecule has 2 aliphatic rings. The molecule has 6 heteroatoms. The van der Waals surface area contributed by atoms with Crippen molar-refractivity contribution in [1.29, 1.82) is 0 Å². The van der Waals surface area contributed by atoms with E-state index in [0.29, 0.717) is 37.5 Å². The molecule has 0 heterocycles. The van der Waals surface area contributed by atoms with Crippen LogP contribution >= 0.6 is 0 Å². The second kappa shape index (κ2) is 9.37. The first kappa shape index (κ1) is 22.2. The molecule has 2 aliphatic carbocycles. The third-order valence-electron chi connectivity index (χ3n) is 7.09. The van der Waals surface area contributed by atoms with E-state index in [-0.39, 0.29) is 17.4 Å². The molecule has 0 saturated heterocycles. The molecule has 2 saturated carbocycles. The number of esters is 2.